The van der Waals surface area contributed by atoms with Gasteiger partial charge in [0.05, 0.1) is 17.1 Å². The van der Waals surface area contributed by atoms with Gasteiger partial charge >= 0.3 is 0 Å². The van der Waals surface area contributed by atoms with Crippen molar-refractivity contribution in [3.63, 3.8) is 0 Å². The fourth-order valence-electron chi connectivity index (χ4n) is 6.35. The van der Waals surface area contributed by atoms with Gasteiger partial charge in [-0.3, -0.25) is 14.6 Å². The van der Waals surface area contributed by atoms with Crippen molar-refractivity contribution in [3.05, 3.63) is 76.5 Å². The lowest BCUT2D eigenvalue weighted by atomic mass is 9.60. The molecule has 1 aromatic carbocycles. The molecule has 2 heterocycles. The number of aromatic nitrogens is 2. The lowest BCUT2D eigenvalue weighted by molar-refractivity contribution is -0.122. The summed E-state index contributed by atoms with van der Waals surface area (Å²) in [4.78, 5) is 36.8. The van der Waals surface area contributed by atoms with Crippen molar-refractivity contribution in [1.29, 1.82) is 0 Å². The maximum absolute atomic E-state index is 14.0. The first kappa shape index (κ1) is 23.8. The zero-order valence-electron chi connectivity index (χ0n) is 21.0. The Morgan fingerprint density at radius 1 is 1.24 bits per heavy atom. The van der Waals surface area contributed by atoms with Gasteiger partial charge in [0.1, 0.15) is 17.0 Å². The minimum absolute atomic E-state index is 0.112. The standard InChI is InChI=1S/C29H26N4O5/c1-4-16-21-15(11-20(34)23(16)28(30)37)9-14-10-17-19(33(2)3)12-18-27(24(17)26(36)22(14)25(21)35)38-29(32-18)13-5-7-31-8-6-13/h5-8,12,14-15,21,34,36H,1,9-11H2,2-3H3,(H2,30,37). The van der Waals surface area contributed by atoms with Crippen LogP contribution in [-0.2, 0) is 16.0 Å². The molecule has 9 heteroatoms. The summed E-state index contributed by atoms with van der Waals surface area (Å²) in [5.41, 5.74) is 12.4. The van der Waals surface area contributed by atoms with Crippen LogP contribution < -0.4 is 10.6 Å². The quantitative estimate of drug-likeness (QED) is 0.449. The minimum atomic E-state index is -0.836. The van der Waals surface area contributed by atoms with Crippen LogP contribution in [0.5, 0.6) is 0 Å². The van der Waals surface area contributed by atoms with Gasteiger partial charge in [0.2, 0.25) is 5.89 Å². The largest absolute Gasteiger partial charge is 0.511 e. The van der Waals surface area contributed by atoms with Gasteiger partial charge in [-0.2, -0.15) is 0 Å². The first-order valence-electron chi connectivity index (χ1n) is 12.3. The summed E-state index contributed by atoms with van der Waals surface area (Å²) in [5, 5.41) is 22.3. The highest BCUT2D eigenvalue weighted by Gasteiger charge is 2.50. The summed E-state index contributed by atoms with van der Waals surface area (Å²) in [6.07, 6.45) is 4.47. The van der Waals surface area contributed by atoms with Crippen LogP contribution in [0.2, 0.25) is 0 Å². The molecule has 0 radical (unpaired) electrons. The number of aliphatic hydroxyl groups excluding tert-OH is 2. The lowest BCUT2D eigenvalue weighted by Crippen LogP contribution is -2.43. The number of carbonyl (C=O) groups is 2. The highest BCUT2D eigenvalue weighted by Crippen LogP contribution is 2.52. The number of pyridine rings is 1. The van der Waals surface area contributed by atoms with Gasteiger partial charge in [0, 0.05) is 55.3 Å². The van der Waals surface area contributed by atoms with Gasteiger partial charge < -0.3 is 25.3 Å². The van der Waals surface area contributed by atoms with Crippen molar-refractivity contribution in [2.45, 2.75) is 19.3 Å². The smallest absolute Gasteiger partial charge is 0.253 e. The number of nitrogens with zero attached hydrogens (tertiary/aromatic N) is 3. The Labute approximate surface area is 218 Å². The molecule has 2 aromatic heterocycles. The molecule has 3 aliphatic rings. The minimum Gasteiger partial charge on any atom is -0.511 e. The molecular weight excluding hydrogens is 484 g/mol. The van der Waals surface area contributed by atoms with Crippen molar-refractivity contribution < 1.29 is 24.2 Å². The lowest BCUT2D eigenvalue weighted by Gasteiger charge is -2.42. The van der Waals surface area contributed by atoms with E-state index in [0.717, 1.165) is 16.8 Å². The number of fused-ring (bicyclic) bond motifs is 5. The number of anilines is 1. The molecule has 38 heavy (non-hydrogen) atoms. The third-order valence-electron chi connectivity index (χ3n) is 7.89. The Morgan fingerprint density at radius 3 is 2.63 bits per heavy atom. The number of carbonyl (C=O) groups excluding carboxylic acids is 2. The van der Waals surface area contributed by atoms with Crippen molar-refractivity contribution in [2.75, 3.05) is 19.0 Å². The number of allylic oxidation sites excluding steroid dienone is 2. The fraction of sp³-hybridized carbons (Fsp3) is 0.276. The molecule has 0 bridgehead atoms. The zero-order chi connectivity index (χ0) is 26.9. The number of primary amides is 1. The van der Waals surface area contributed by atoms with Crippen molar-refractivity contribution >= 4 is 34.2 Å². The van der Waals surface area contributed by atoms with Crippen LogP contribution in [0.4, 0.5) is 5.69 Å². The summed E-state index contributed by atoms with van der Waals surface area (Å²) < 4.78 is 6.19. The molecule has 3 atom stereocenters. The molecule has 0 aliphatic heterocycles. The van der Waals surface area contributed by atoms with E-state index < -0.39 is 11.8 Å². The average molecular weight is 511 g/mol. The van der Waals surface area contributed by atoms with Crippen LogP contribution in [0.1, 0.15) is 24.0 Å². The van der Waals surface area contributed by atoms with E-state index in [-0.39, 0.29) is 52.3 Å². The molecule has 192 valence electrons. The topological polar surface area (TPSA) is 143 Å². The van der Waals surface area contributed by atoms with E-state index in [1.54, 1.807) is 24.5 Å². The number of Topliss-reactive ketones (excluding diaryl/α,β-unsaturated/α-hetero) is 1. The second kappa shape index (κ2) is 8.46. The summed E-state index contributed by atoms with van der Waals surface area (Å²) >= 11 is 0. The van der Waals surface area contributed by atoms with Crippen LogP contribution in [0.25, 0.3) is 28.3 Å². The van der Waals surface area contributed by atoms with Gasteiger partial charge in [-0.1, -0.05) is 6.58 Å². The number of rotatable bonds is 3. The Bertz CT molecular complexity index is 1660. The molecule has 0 saturated heterocycles. The van der Waals surface area contributed by atoms with E-state index in [0.29, 0.717) is 35.4 Å². The number of aliphatic hydroxyl groups is 2. The predicted octanol–water partition coefficient (Wildman–Crippen LogP) is 4.01. The van der Waals surface area contributed by atoms with Crippen LogP contribution in [-0.4, -0.2) is 46.0 Å². The third-order valence-corrected chi connectivity index (χ3v) is 7.89. The van der Waals surface area contributed by atoms with Crippen LogP contribution in [0.15, 0.2) is 69.8 Å². The Balaban J connectivity index is 1.56. The Morgan fingerprint density at radius 2 is 1.97 bits per heavy atom. The maximum Gasteiger partial charge on any atom is 0.253 e. The van der Waals surface area contributed by atoms with Gasteiger partial charge in [0.15, 0.2) is 11.4 Å². The summed E-state index contributed by atoms with van der Waals surface area (Å²) in [5.74, 6) is -2.39. The SMILES string of the molecule is C=C=C1C(C(N)=O)=C(O)CC2CC3Cc4c(N(C)C)cc5nc(-c6ccncc6)oc5c4C(O)=C3C(=O)C12. The molecule has 3 aromatic rings. The third kappa shape index (κ3) is 3.32. The van der Waals surface area contributed by atoms with Crippen LogP contribution in [0, 0.1) is 17.8 Å². The molecule has 1 fully saturated rings. The van der Waals surface area contributed by atoms with Crippen molar-refractivity contribution in [1.82, 2.24) is 9.97 Å². The number of benzene rings is 1. The first-order valence-corrected chi connectivity index (χ1v) is 12.3. The number of hydrogen-bond donors (Lipinski definition) is 3. The number of amides is 1. The first-order chi connectivity index (χ1) is 18.2. The van der Waals surface area contributed by atoms with Crippen molar-refractivity contribution in [3.8, 4) is 11.5 Å². The van der Waals surface area contributed by atoms with Crippen LogP contribution in [0.3, 0.4) is 0 Å². The molecule has 3 aliphatic carbocycles. The zero-order valence-corrected chi connectivity index (χ0v) is 21.0. The van der Waals surface area contributed by atoms with Gasteiger partial charge in [-0.15, -0.1) is 5.73 Å². The summed E-state index contributed by atoms with van der Waals surface area (Å²) in [6, 6.07) is 5.50. The fourth-order valence-corrected chi connectivity index (χ4v) is 6.35. The molecule has 9 nitrogen and oxygen atoms in total. The number of oxazole rings is 1. The number of nitrogens with two attached hydrogens (primary N) is 1. The normalized spacial score (nSPS) is 22.6. The van der Waals surface area contributed by atoms with E-state index in [4.69, 9.17) is 10.2 Å². The molecule has 1 amide bonds. The average Bonchev–Trinajstić information content (AvgIpc) is 3.31. The van der Waals surface area contributed by atoms with Crippen molar-refractivity contribution in [2.24, 2.45) is 23.5 Å². The van der Waals surface area contributed by atoms with Gasteiger partial charge in [0.25, 0.3) is 5.91 Å². The van der Waals surface area contributed by atoms with Gasteiger partial charge in [-0.25, -0.2) is 4.98 Å². The van der Waals surface area contributed by atoms with E-state index >= 15 is 0 Å². The molecule has 0 spiro atoms. The van der Waals surface area contributed by atoms with E-state index in [2.05, 4.69) is 22.3 Å². The summed E-state index contributed by atoms with van der Waals surface area (Å²) in [6.45, 7) is 3.66. The number of hydrogen-bond acceptors (Lipinski definition) is 8. The summed E-state index contributed by atoms with van der Waals surface area (Å²) in [7, 11) is 3.83. The highest BCUT2D eigenvalue weighted by molar-refractivity contribution is 6.11. The van der Waals surface area contributed by atoms with E-state index in [1.165, 1.54) is 0 Å². The Kier molecular flexibility index (Phi) is 5.29. The molecule has 1 saturated carbocycles. The highest BCUT2D eigenvalue weighted by atomic mass is 16.4. The number of ketones is 1. The second-order valence-electron chi connectivity index (χ2n) is 10.2. The molecule has 3 unspecified atom stereocenters. The second-order valence-corrected chi connectivity index (χ2v) is 10.2. The predicted molar refractivity (Wildman–Crippen MR) is 141 cm³/mol. The monoisotopic (exact) mass is 510 g/mol. The van der Waals surface area contributed by atoms with Gasteiger partial charge in [-0.05, 0) is 48.4 Å². The Hall–Kier alpha value is -4.62. The molecule has 6 rings (SSSR count). The maximum atomic E-state index is 14.0. The van der Waals surface area contributed by atoms with Crippen LogP contribution >= 0.6 is 0 Å². The molecule has 4 N–H and O–H groups in total. The van der Waals surface area contributed by atoms with E-state index in [1.807, 2.05) is 25.1 Å². The van der Waals surface area contributed by atoms with E-state index in [9.17, 15) is 19.8 Å². The molecular formula is C29H26N4O5.